The van der Waals surface area contributed by atoms with Crippen LogP contribution in [0.5, 0.6) is 0 Å². The smallest absolute Gasteiger partial charge is 0.259 e. The lowest BCUT2D eigenvalue weighted by Gasteiger charge is -2.22. The number of H-pyrrole nitrogens is 1. The molecular weight excluding hydrogens is 432 g/mol. The number of thiazole rings is 1. The van der Waals surface area contributed by atoms with Crippen LogP contribution in [-0.4, -0.2) is 43.0 Å². The van der Waals surface area contributed by atoms with Gasteiger partial charge in [0.05, 0.1) is 12.5 Å². The van der Waals surface area contributed by atoms with Gasteiger partial charge in [-0.2, -0.15) is 10.5 Å². The lowest BCUT2D eigenvalue weighted by molar-refractivity contribution is 0.0986. The van der Waals surface area contributed by atoms with Crippen LogP contribution in [0.3, 0.4) is 0 Å². The van der Waals surface area contributed by atoms with E-state index in [9.17, 15) is 4.79 Å². The predicted molar refractivity (Wildman–Crippen MR) is 119 cm³/mol. The fourth-order valence-electron chi connectivity index (χ4n) is 3.12. The number of hydrogen-bond acceptors (Lipinski definition) is 9. The van der Waals surface area contributed by atoms with Crippen LogP contribution in [0.25, 0.3) is 10.3 Å². The quantitative estimate of drug-likeness (QED) is 0.312. The summed E-state index contributed by atoms with van der Waals surface area (Å²) in [7, 11) is 0. The van der Waals surface area contributed by atoms with Crippen LogP contribution < -0.4 is 4.90 Å². The first kappa shape index (κ1) is 20.9. The molecule has 0 saturated carbocycles. The number of pyridine rings is 1. The van der Waals surface area contributed by atoms with E-state index in [1.54, 1.807) is 35.2 Å². The van der Waals surface area contributed by atoms with Crippen molar-refractivity contribution in [2.24, 2.45) is 0 Å². The number of carbonyl (C=O) groups is 1. The van der Waals surface area contributed by atoms with Gasteiger partial charge in [-0.3, -0.25) is 9.69 Å². The molecule has 0 atom stereocenters. The van der Waals surface area contributed by atoms with E-state index in [1.807, 2.05) is 6.07 Å². The van der Waals surface area contributed by atoms with Crippen LogP contribution >= 0.6 is 24.0 Å². The second-order valence-electron chi connectivity index (χ2n) is 6.76. The maximum absolute atomic E-state index is 13.3. The van der Waals surface area contributed by atoms with Gasteiger partial charge in [-0.25, -0.2) is 9.97 Å². The molecule has 0 aliphatic heterocycles. The molecule has 156 valence electrons. The number of hydrogen-bond donors (Lipinski definition) is 2. The number of aromatic amines is 1. The van der Waals surface area contributed by atoms with Gasteiger partial charge in [-0.1, -0.05) is 28.7 Å². The number of carbonyl (C=O) groups excluding carboxylic acids is 1. The Kier molecular flexibility index (Phi) is 6.49. The van der Waals surface area contributed by atoms with E-state index in [0.717, 1.165) is 28.8 Å². The number of unbranched alkanes of at least 4 members (excludes halogenated alkanes) is 1. The molecule has 1 amide bonds. The highest BCUT2D eigenvalue weighted by molar-refractivity contribution is 7.82. The minimum Gasteiger partial charge on any atom is -0.293 e. The summed E-state index contributed by atoms with van der Waals surface area (Å²) in [6, 6.07) is 12.9. The largest absolute Gasteiger partial charge is 0.293 e. The van der Waals surface area contributed by atoms with E-state index in [0.29, 0.717) is 40.9 Å². The summed E-state index contributed by atoms with van der Waals surface area (Å²) in [5.41, 5.74) is 2.17. The average molecular weight is 451 g/mol. The Morgan fingerprint density at radius 1 is 1.16 bits per heavy atom. The van der Waals surface area contributed by atoms with E-state index in [4.69, 9.17) is 5.26 Å². The lowest BCUT2D eigenvalue weighted by atomic mass is 10.1. The summed E-state index contributed by atoms with van der Waals surface area (Å²) in [4.78, 5) is 24.7. The van der Waals surface area contributed by atoms with Crippen molar-refractivity contribution in [3.63, 3.8) is 0 Å². The third kappa shape index (κ3) is 5.04. The molecule has 3 heterocycles. The van der Waals surface area contributed by atoms with Gasteiger partial charge in [0.2, 0.25) is 0 Å². The Morgan fingerprint density at radius 3 is 2.74 bits per heavy atom. The first-order chi connectivity index (χ1) is 15.1. The number of anilines is 1. The lowest BCUT2D eigenvalue weighted by Crippen LogP contribution is -2.32. The van der Waals surface area contributed by atoms with Crippen molar-refractivity contribution in [2.75, 3.05) is 11.4 Å². The summed E-state index contributed by atoms with van der Waals surface area (Å²) in [5.74, 6) is 1.07. The second-order valence-corrected chi connectivity index (χ2v) is 8.47. The van der Waals surface area contributed by atoms with Crippen LogP contribution in [0.15, 0.2) is 40.7 Å². The monoisotopic (exact) mass is 450 g/mol. The molecule has 0 spiro atoms. The van der Waals surface area contributed by atoms with Gasteiger partial charge < -0.3 is 0 Å². The Balaban J connectivity index is 1.55. The standard InChI is InChI=1S/C20H18N8OS2/c21-11-10-13-4-6-14(7-5-13)19(29)28(12-2-1-3-16-24-26-27-25-16)17-9-8-15-18(23-17)31-20(30)22-15/h4-9H,1-3,10,12H2,(H,22,30)(H,24,25,26,27). The fourth-order valence-corrected chi connectivity index (χ4v) is 4.16. The molecular formula is C20H18N8OS2. The molecule has 0 aliphatic rings. The Labute approximate surface area is 187 Å². The van der Waals surface area contributed by atoms with Gasteiger partial charge in [-0.05, 0) is 42.7 Å². The molecule has 3 aromatic heterocycles. The van der Waals surface area contributed by atoms with Crippen LogP contribution in [0.1, 0.15) is 34.6 Å². The number of aromatic nitrogens is 6. The highest BCUT2D eigenvalue weighted by atomic mass is 32.2. The molecule has 31 heavy (non-hydrogen) atoms. The van der Waals surface area contributed by atoms with Gasteiger partial charge in [0.1, 0.15) is 20.5 Å². The Bertz CT molecular complexity index is 1210. The van der Waals surface area contributed by atoms with Crippen molar-refractivity contribution >= 4 is 46.0 Å². The molecule has 11 heteroatoms. The molecule has 0 saturated heterocycles. The maximum Gasteiger partial charge on any atom is 0.259 e. The first-order valence-electron chi connectivity index (χ1n) is 9.60. The normalized spacial score (nSPS) is 10.8. The van der Waals surface area contributed by atoms with Crippen LogP contribution in [0.2, 0.25) is 0 Å². The maximum atomic E-state index is 13.3. The molecule has 1 N–H and O–H groups in total. The molecule has 0 unspecified atom stereocenters. The van der Waals surface area contributed by atoms with Gasteiger partial charge in [0.15, 0.2) is 5.82 Å². The highest BCUT2D eigenvalue weighted by Gasteiger charge is 2.20. The number of nitrogens with zero attached hydrogens (tertiary/aromatic N) is 7. The molecule has 9 nitrogen and oxygen atoms in total. The molecule has 0 radical (unpaired) electrons. The number of nitrogens with one attached hydrogen (secondary N) is 1. The van der Waals surface area contributed by atoms with Crippen LogP contribution in [0, 0.1) is 11.3 Å². The molecule has 0 aliphatic carbocycles. The van der Waals surface area contributed by atoms with Gasteiger partial charge in [0, 0.05) is 18.5 Å². The molecule has 0 bridgehead atoms. The zero-order chi connectivity index (χ0) is 21.6. The molecule has 4 rings (SSSR count). The van der Waals surface area contributed by atoms with Crippen molar-refractivity contribution in [1.29, 1.82) is 5.26 Å². The summed E-state index contributed by atoms with van der Waals surface area (Å²) in [6.45, 7) is 0.488. The van der Waals surface area contributed by atoms with Crippen LogP contribution in [0.4, 0.5) is 5.82 Å². The zero-order valence-electron chi connectivity index (χ0n) is 16.4. The van der Waals surface area contributed by atoms with E-state index in [2.05, 4.69) is 49.3 Å². The second kappa shape index (κ2) is 9.63. The van der Waals surface area contributed by atoms with E-state index < -0.39 is 0 Å². The SMILES string of the molecule is N#CCc1ccc(C(=O)N(CCCCc2nn[nH]n2)c2ccc3nc(S)sc3n2)cc1. The van der Waals surface area contributed by atoms with Gasteiger partial charge >= 0.3 is 0 Å². The van der Waals surface area contributed by atoms with E-state index in [-0.39, 0.29) is 5.91 Å². The average Bonchev–Trinajstić information content (AvgIpc) is 3.42. The highest BCUT2D eigenvalue weighted by Crippen LogP contribution is 2.26. The van der Waals surface area contributed by atoms with Crippen LogP contribution in [-0.2, 0) is 12.8 Å². The summed E-state index contributed by atoms with van der Waals surface area (Å²) >= 11 is 5.67. The van der Waals surface area contributed by atoms with E-state index in [1.165, 1.54) is 11.3 Å². The number of nitriles is 1. The number of tetrazole rings is 1. The topological polar surface area (TPSA) is 124 Å². The number of amides is 1. The summed E-state index contributed by atoms with van der Waals surface area (Å²) in [6.07, 6.45) is 2.52. The first-order valence-corrected chi connectivity index (χ1v) is 10.9. The molecule has 1 aromatic carbocycles. The van der Waals surface area contributed by atoms with Crippen molar-refractivity contribution in [2.45, 2.75) is 30.0 Å². The molecule has 0 fully saturated rings. The number of aryl methyl sites for hydroxylation is 1. The Hall–Kier alpha value is -3.36. The summed E-state index contributed by atoms with van der Waals surface area (Å²) in [5, 5.41) is 22.8. The Morgan fingerprint density at radius 2 is 2.00 bits per heavy atom. The number of thiol groups is 1. The number of fused-ring (bicyclic) bond motifs is 1. The summed E-state index contributed by atoms with van der Waals surface area (Å²) < 4.78 is 0.630. The third-order valence-corrected chi connectivity index (χ3v) is 5.80. The minimum absolute atomic E-state index is 0.148. The predicted octanol–water partition coefficient (Wildman–Crippen LogP) is 3.23. The van der Waals surface area contributed by atoms with Crippen molar-refractivity contribution in [3.05, 3.63) is 53.3 Å². The third-order valence-electron chi connectivity index (χ3n) is 4.66. The van der Waals surface area contributed by atoms with Crippen molar-refractivity contribution in [1.82, 2.24) is 30.6 Å². The fraction of sp³-hybridized carbons (Fsp3) is 0.250. The molecule has 4 aromatic rings. The van der Waals surface area contributed by atoms with Gasteiger partial charge in [-0.15, -0.1) is 22.8 Å². The van der Waals surface area contributed by atoms with Gasteiger partial charge in [0.25, 0.3) is 5.91 Å². The minimum atomic E-state index is -0.148. The van der Waals surface area contributed by atoms with Crippen molar-refractivity contribution in [3.8, 4) is 6.07 Å². The van der Waals surface area contributed by atoms with Crippen molar-refractivity contribution < 1.29 is 4.79 Å². The van der Waals surface area contributed by atoms with E-state index >= 15 is 0 Å². The number of benzene rings is 1. The number of rotatable bonds is 8. The zero-order valence-corrected chi connectivity index (χ0v) is 18.1.